The van der Waals surface area contributed by atoms with Crippen LogP contribution in [0.3, 0.4) is 0 Å². The first kappa shape index (κ1) is 16.0. The molecule has 0 saturated carbocycles. The van der Waals surface area contributed by atoms with Crippen molar-refractivity contribution in [2.45, 2.75) is 10.9 Å². The van der Waals surface area contributed by atoms with Crippen molar-refractivity contribution in [2.75, 3.05) is 7.11 Å². The second-order valence-corrected chi connectivity index (χ2v) is 6.52. The number of hydrogen-bond donors (Lipinski definition) is 1. The number of aromatic amines is 1. The molecule has 3 rings (SSSR count). The molecule has 0 aliphatic heterocycles. The van der Waals surface area contributed by atoms with Crippen LogP contribution in [0.1, 0.15) is 5.56 Å². The van der Waals surface area contributed by atoms with E-state index >= 15 is 0 Å². The lowest BCUT2D eigenvalue weighted by Crippen LogP contribution is -1.86. The molecular weight excluding hydrogens is 381 g/mol. The third kappa shape index (κ3) is 3.92. The van der Waals surface area contributed by atoms with Gasteiger partial charge < -0.3 is 4.74 Å². The second kappa shape index (κ2) is 7.14. The highest BCUT2D eigenvalue weighted by Gasteiger charge is 2.08. The highest BCUT2D eigenvalue weighted by molar-refractivity contribution is 9.10. The van der Waals surface area contributed by atoms with Gasteiger partial charge in [0.15, 0.2) is 5.82 Å². The molecule has 0 unspecified atom stereocenters. The molecule has 0 aliphatic carbocycles. The molecular formula is C16H13BrFN3OS. The number of rotatable bonds is 5. The molecule has 0 aliphatic rings. The Morgan fingerprint density at radius 2 is 2.00 bits per heavy atom. The number of aromatic nitrogens is 3. The molecule has 23 heavy (non-hydrogen) atoms. The lowest BCUT2D eigenvalue weighted by molar-refractivity contribution is 0.415. The number of nitrogens with one attached hydrogen (secondary N) is 1. The number of hydrogen-bond acceptors (Lipinski definition) is 4. The molecule has 3 aromatic rings. The standard InChI is InChI=1S/C16H13BrFN3OS/c1-22-13-6-3-10(4-7-13)15-19-16(21-20-15)23-9-11-2-5-12(18)8-14(11)17/h2-8H,9H2,1H3,(H,19,20,21). The fourth-order valence-corrected chi connectivity index (χ4v) is 3.45. The van der Waals surface area contributed by atoms with Gasteiger partial charge in [-0.2, -0.15) is 0 Å². The Morgan fingerprint density at radius 3 is 2.70 bits per heavy atom. The second-order valence-electron chi connectivity index (χ2n) is 4.72. The average Bonchev–Trinajstić information content (AvgIpc) is 3.03. The predicted molar refractivity (Wildman–Crippen MR) is 92.0 cm³/mol. The van der Waals surface area contributed by atoms with Crippen LogP contribution in [0.5, 0.6) is 5.75 Å². The monoisotopic (exact) mass is 393 g/mol. The zero-order valence-corrected chi connectivity index (χ0v) is 14.6. The molecule has 0 bridgehead atoms. The molecule has 2 aromatic carbocycles. The van der Waals surface area contributed by atoms with E-state index in [1.165, 1.54) is 23.9 Å². The Bertz CT molecular complexity index is 807. The van der Waals surface area contributed by atoms with Crippen LogP contribution in [0.4, 0.5) is 4.39 Å². The van der Waals surface area contributed by atoms with Crippen LogP contribution in [0.25, 0.3) is 11.4 Å². The highest BCUT2D eigenvalue weighted by atomic mass is 79.9. The number of nitrogens with zero attached hydrogens (tertiary/aromatic N) is 2. The number of thioether (sulfide) groups is 1. The van der Waals surface area contributed by atoms with Crippen LogP contribution >= 0.6 is 27.7 Å². The van der Waals surface area contributed by atoms with Crippen LogP contribution in [0.15, 0.2) is 52.1 Å². The third-order valence-electron chi connectivity index (χ3n) is 3.20. The van der Waals surface area contributed by atoms with Gasteiger partial charge in [0.1, 0.15) is 11.6 Å². The van der Waals surface area contributed by atoms with Gasteiger partial charge >= 0.3 is 0 Å². The van der Waals surface area contributed by atoms with Crippen LogP contribution in [-0.2, 0) is 5.75 Å². The molecule has 0 amide bonds. The zero-order valence-electron chi connectivity index (χ0n) is 12.2. The molecule has 1 heterocycles. The molecule has 0 saturated heterocycles. The highest BCUT2D eigenvalue weighted by Crippen LogP contribution is 2.27. The van der Waals surface area contributed by atoms with E-state index in [0.29, 0.717) is 16.7 Å². The van der Waals surface area contributed by atoms with Gasteiger partial charge in [-0.3, -0.25) is 5.10 Å². The lowest BCUT2D eigenvalue weighted by Gasteiger charge is -2.02. The molecule has 0 radical (unpaired) electrons. The normalized spacial score (nSPS) is 10.7. The number of H-pyrrole nitrogens is 1. The van der Waals surface area contributed by atoms with Crippen LogP contribution in [-0.4, -0.2) is 22.3 Å². The summed E-state index contributed by atoms with van der Waals surface area (Å²) in [6.45, 7) is 0. The fourth-order valence-electron chi connectivity index (χ4n) is 1.97. The maximum Gasteiger partial charge on any atom is 0.209 e. The largest absolute Gasteiger partial charge is 0.497 e. The quantitative estimate of drug-likeness (QED) is 0.639. The topological polar surface area (TPSA) is 50.8 Å². The van der Waals surface area contributed by atoms with E-state index in [0.717, 1.165) is 21.3 Å². The summed E-state index contributed by atoms with van der Waals surface area (Å²) in [7, 11) is 1.63. The molecule has 1 N–H and O–H groups in total. The zero-order chi connectivity index (χ0) is 16.2. The van der Waals surface area contributed by atoms with E-state index in [1.54, 1.807) is 13.2 Å². The Hall–Kier alpha value is -1.86. The summed E-state index contributed by atoms with van der Waals surface area (Å²) in [6.07, 6.45) is 0. The van der Waals surface area contributed by atoms with Crippen molar-refractivity contribution in [3.8, 4) is 17.1 Å². The lowest BCUT2D eigenvalue weighted by atomic mass is 10.2. The summed E-state index contributed by atoms with van der Waals surface area (Å²) in [5.41, 5.74) is 1.93. The minimum absolute atomic E-state index is 0.259. The minimum Gasteiger partial charge on any atom is -0.497 e. The summed E-state index contributed by atoms with van der Waals surface area (Å²) in [5, 5.41) is 7.77. The number of benzene rings is 2. The van der Waals surface area contributed by atoms with Crippen molar-refractivity contribution in [2.24, 2.45) is 0 Å². The number of halogens is 2. The summed E-state index contributed by atoms with van der Waals surface area (Å²) in [6, 6.07) is 12.2. The van der Waals surface area contributed by atoms with Crippen LogP contribution in [0, 0.1) is 5.82 Å². The van der Waals surface area contributed by atoms with Gasteiger partial charge in [0.05, 0.1) is 7.11 Å². The Labute approximate surface area is 145 Å². The minimum atomic E-state index is -0.259. The first-order chi connectivity index (χ1) is 11.2. The molecule has 118 valence electrons. The fraction of sp³-hybridized carbons (Fsp3) is 0.125. The maximum absolute atomic E-state index is 13.1. The Kier molecular flexibility index (Phi) is 4.97. The van der Waals surface area contributed by atoms with Crippen LogP contribution in [0.2, 0.25) is 0 Å². The van der Waals surface area contributed by atoms with E-state index in [2.05, 4.69) is 31.1 Å². The molecule has 0 spiro atoms. The third-order valence-corrected chi connectivity index (χ3v) is 4.83. The van der Waals surface area contributed by atoms with E-state index in [1.807, 2.05) is 24.3 Å². The Balaban J connectivity index is 1.69. The molecule has 1 aromatic heterocycles. The summed E-state index contributed by atoms with van der Waals surface area (Å²) in [4.78, 5) is 4.46. The molecule has 4 nitrogen and oxygen atoms in total. The number of methoxy groups -OCH3 is 1. The van der Waals surface area contributed by atoms with Gasteiger partial charge in [-0.15, -0.1) is 5.10 Å². The summed E-state index contributed by atoms with van der Waals surface area (Å²) < 4.78 is 19.0. The average molecular weight is 394 g/mol. The van der Waals surface area contributed by atoms with Gasteiger partial charge in [-0.1, -0.05) is 33.8 Å². The van der Waals surface area contributed by atoms with Gasteiger partial charge in [-0.25, -0.2) is 9.37 Å². The van der Waals surface area contributed by atoms with E-state index in [4.69, 9.17) is 4.74 Å². The Morgan fingerprint density at radius 1 is 1.22 bits per heavy atom. The molecule has 0 fully saturated rings. The van der Waals surface area contributed by atoms with Crippen molar-refractivity contribution in [3.63, 3.8) is 0 Å². The van der Waals surface area contributed by atoms with Crippen molar-refractivity contribution < 1.29 is 9.13 Å². The molecule has 7 heteroatoms. The first-order valence-corrected chi connectivity index (χ1v) is 8.57. The smallest absolute Gasteiger partial charge is 0.209 e. The summed E-state index contributed by atoms with van der Waals surface area (Å²) >= 11 is 4.85. The molecule has 0 atom stereocenters. The first-order valence-electron chi connectivity index (χ1n) is 6.79. The van der Waals surface area contributed by atoms with Gasteiger partial charge in [0.2, 0.25) is 5.16 Å². The van der Waals surface area contributed by atoms with Gasteiger partial charge in [0, 0.05) is 15.8 Å². The van der Waals surface area contributed by atoms with E-state index < -0.39 is 0 Å². The van der Waals surface area contributed by atoms with Crippen molar-refractivity contribution in [1.29, 1.82) is 0 Å². The SMILES string of the molecule is COc1ccc(-c2nc(SCc3ccc(F)cc3Br)n[nH]2)cc1. The van der Waals surface area contributed by atoms with Crippen molar-refractivity contribution in [3.05, 3.63) is 58.3 Å². The van der Waals surface area contributed by atoms with E-state index in [9.17, 15) is 4.39 Å². The summed E-state index contributed by atoms with van der Waals surface area (Å²) in [5.74, 6) is 1.89. The van der Waals surface area contributed by atoms with Crippen molar-refractivity contribution in [1.82, 2.24) is 15.2 Å². The van der Waals surface area contributed by atoms with Gasteiger partial charge in [0.25, 0.3) is 0 Å². The van der Waals surface area contributed by atoms with Crippen LogP contribution < -0.4 is 4.74 Å². The van der Waals surface area contributed by atoms with Crippen molar-refractivity contribution >= 4 is 27.7 Å². The number of ether oxygens (including phenoxy) is 1. The van der Waals surface area contributed by atoms with Gasteiger partial charge in [-0.05, 0) is 42.0 Å². The maximum atomic E-state index is 13.1. The predicted octanol–water partition coefficient (Wildman–Crippen LogP) is 4.67. The van der Waals surface area contributed by atoms with E-state index in [-0.39, 0.29) is 5.82 Å².